The van der Waals surface area contributed by atoms with Crippen LogP contribution >= 0.6 is 0 Å². The van der Waals surface area contributed by atoms with E-state index >= 15 is 0 Å². The molecule has 4 heteroatoms. The fourth-order valence-electron chi connectivity index (χ4n) is 0.860. The Bertz CT molecular complexity index is 257. The molecule has 0 aliphatic carbocycles. The van der Waals surface area contributed by atoms with E-state index in [1.165, 1.54) is 0 Å². The van der Waals surface area contributed by atoms with Gasteiger partial charge in [-0.3, -0.25) is 4.79 Å². The monoisotopic (exact) mass is 228 g/mol. The molecular weight excluding hydrogens is 208 g/mol. The van der Waals surface area contributed by atoms with Crippen molar-refractivity contribution >= 4 is 14.0 Å². The number of ether oxygens (including phenoxy) is 1. The number of hydrogen-bond donors (Lipinski definition) is 1. The maximum atomic E-state index is 11.0. The van der Waals surface area contributed by atoms with Gasteiger partial charge < -0.3 is 9.84 Å². The van der Waals surface area contributed by atoms with Crippen molar-refractivity contribution in [2.75, 3.05) is 6.61 Å². The van der Waals surface area contributed by atoms with Gasteiger partial charge in [0.25, 0.3) is 0 Å². The van der Waals surface area contributed by atoms with Gasteiger partial charge in [-0.1, -0.05) is 25.6 Å². The zero-order valence-corrected chi connectivity index (χ0v) is 11.0. The molecule has 0 spiro atoms. The molecule has 15 heavy (non-hydrogen) atoms. The van der Waals surface area contributed by atoms with Crippen molar-refractivity contribution < 1.29 is 14.6 Å². The molecule has 0 saturated heterocycles. The summed E-state index contributed by atoms with van der Waals surface area (Å²) in [6, 6.07) is 0. The standard InChI is InChI=1S/C11H20O3Si/c1-5-14-11(13)7-6-10(12)8-9-15(2,3)4/h10,12H,5-7H2,1-4H3/t10-/m0/s1. The Morgan fingerprint density at radius 3 is 2.53 bits per heavy atom. The van der Waals surface area contributed by atoms with Gasteiger partial charge in [0, 0.05) is 6.42 Å². The molecule has 3 nitrogen and oxygen atoms in total. The Kier molecular flexibility index (Phi) is 6.30. The van der Waals surface area contributed by atoms with E-state index in [1.54, 1.807) is 6.92 Å². The van der Waals surface area contributed by atoms with Crippen LogP contribution < -0.4 is 0 Å². The molecule has 0 aromatic rings. The van der Waals surface area contributed by atoms with Crippen LogP contribution in [0.25, 0.3) is 0 Å². The molecule has 86 valence electrons. The van der Waals surface area contributed by atoms with Gasteiger partial charge in [-0.25, -0.2) is 0 Å². The maximum Gasteiger partial charge on any atom is 0.305 e. The van der Waals surface area contributed by atoms with E-state index in [2.05, 4.69) is 31.1 Å². The van der Waals surface area contributed by atoms with E-state index in [4.69, 9.17) is 4.74 Å². The first kappa shape index (κ1) is 14.2. The predicted molar refractivity (Wildman–Crippen MR) is 63.0 cm³/mol. The molecule has 0 aromatic heterocycles. The van der Waals surface area contributed by atoms with Crippen molar-refractivity contribution in [2.45, 2.75) is 45.5 Å². The summed E-state index contributed by atoms with van der Waals surface area (Å²) in [4.78, 5) is 11.0. The minimum Gasteiger partial charge on any atom is -0.466 e. The number of carbonyl (C=O) groups is 1. The summed E-state index contributed by atoms with van der Waals surface area (Å²) < 4.78 is 4.75. The van der Waals surface area contributed by atoms with Crippen molar-refractivity contribution in [3.05, 3.63) is 0 Å². The summed E-state index contributed by atoms with van der Waals surface area (Å²) in [6.45, 7) is 8.48. The molecule has 0 amide bonds. The van der Waals surface area contributed by atoms with Crippen LogP contribution in [0.4, 0.5) is 0 Å². The molecule has 0 fully saturated rings. The summed E-state index contributed by atoms with van der Waals surface area (Å²) in [5.74, 6) is 2.51. The molecule has 0 aliphatic heterocycles. The first-order valence-electron chi connectivity index (χ1n) is 5.21. The molecule has 1 N–H and O–H groups in total. The topological polar surface area (TPSA) is 46.5 Å². The predicted octanol–water partition coefficient (Wildman–Crippen LogP) is 1.57. The average molecular weight is 228 g/mol. The molecule has 1 atom stereocenters. The number of carbonyl (C=O) groups excluding carboxylic acids is 1. The van der Waals surface area contributed by atoms with Gasteiger partial charge in [0.2, 0.25) is 0 Å². The second-order valence-corrected chi connectivity index (χ2v) is 9.13. The lowest BCUT2D eigenvalue weighted by atomic mass is 10.2. The lowest BCUT2D eigenvalue weighted by Crippen LogP contribution is -2.18. The number of esters is 1. The summed E-state index contributed by atoms with van der Waals surface area (Å²) in [5.41, 5.74) is 3.06. The van der Waals surface area contributed by atoms with Crippen LogP contribution in [0.15, 0.2) is 0 Å². The Morgan fingerprint density at radius 2 is 2.07 bits per heavy atom. The summed E-state index contributed by atoms with van der Waals surface area (Å²) in [7, 11) is -1.43. The quantitative estimate of drug-likeness (QED) is 0.451. The van der Waals surface area contributed by atoms with Gasteiger partial charge in [-0.05, 0) is 13.3 Å². The van der Waals surface area contributed by atoms with Crippen LogP contribution in [0.2, 0.25) is 19.6 Å². The van der Waals surface area contributed by atoms with Crippen LogP contribution in [0.5, 0.6) is 0 Å². The van der Waals surface area contributed by atoms with E-state index in [-0.39, 0.29) is 12.4 Å². The second kappa shape index (κ2) is 6.65. The first-order valence-corrected chi connectivity index (χ1v) is 8.71. The highest BCUT2D eigenvalue weighted by Gasteiger charge is 2.10. The molecule has 0 saturated carbocycles. The van der Waals surface area contributed by atoms with Gasteiger partial charge in [0.1, 0.15) is 14.2 Å². The average Bonchev–Trinajstić information content (AvgIpc) is 2.11. The summed E-state index contributed by atoms with van der Waals surface area (Å²) >= 11 is 0. The van der Waals surface area contributed by atoms with Crippen LogP contribution in [0.3, 0.4) is 0 Å². The van der Waals surface area contributed by atoms with Gasteiger partial charge in [-0.2, -0.15) is 0 Å². The molecule has 0 rings (SSSR count). The number of rotatable bonds is 4. The Balaban J connectivity index is 3.88. The van der Waals surface area contributed by atoms with Gasteiger partial charge in [0.15, 0.2) is 0 Å². The van der Waals surface area contributed by atoms with Crippen molar-refractivity contribution in [3.63, 3.8) is 0 Å². The molecule has 0 aliphatic rings. The normalized spacial score (nSPS) is 12.6. The van der Waals surface area contributed by atoms with E-state index in [1.807, 2.05) is 0 Å². The highest BCUT2D eigenvalue weighted by molar-refractivity contribution is 6.83. The Hall–Kier alpha value is -0.793. The fraction of sp³-hybridized carbons (Fsp3) is 0.727. The Morgan fingerprint density at radius 1 is 1.47 bits per heavy atom. The molecule has 0 radical (unpaired) electrons. The SMILES string of the molecule is CCOC(=O)CC[C@H](O)C#C[Si](C)(C)C. The number of aliphatic hydroxyl groups is 1. The largest absolute Gasteiger partial charge is 0.466 e. The smallest absolute Gasteiger partial charge is 0.305 e. The minimum atomic E-state index is -1.43. The molecule has 0 bridgehead atoms. The van der Waals surface area contributed by atoms with Crippen molar-refractivity contribution in [3.8, 4) is 11.5 Å². The molecule has 0 heterocycles. The zero-order valence-electron chi connectivity index (χ0n) is 9.96. The summed E-state index contributed by atoms with van der Waals surface area (Å²) in [6.07, 6.45) is -0.118. The number of aliphatic hydroxyl groups excluding tert-OH is 1. The lowest BCUT2D eigenvalue weighted by Gasteiger charge is -2.06. The van der Waals surface area contributed by atoms with E-state index in [0.717, 1.165) is 0 Å². The molecule has 0 aromatic carbocycles. The van der Waals surface area contributed by atoms with Gasteiger partial charge >= 0.3 is 5.97 Å². The number of hydrogen-bond acceptors (Lipinski definition) is 3. The lowest BCUT2D eigenvalue weighted by molar-refractivity contribution is -0.143. The highest BCUT2D eigenvalue weighted by atomic mass is 28.3. The van der Waals surface area contributed by atoms with Gasteiger partial charge in [-0.15, -0.1) is 5.54 Å². The first-order chi connectivity index (χ1) is 6.85. The van der Waals surface area contributed by atoms with Crippen LogP contribution in [-0.4, -0.2) is 31.9 Å². The van der Waals surface area contributed by atoms with Crippen molar-refractivity contribution in [1.29, 1.82) is 0 Å². The fourth-order valence-corrected chi connectivity index (χ4v) is 1.46. The van der Waals surface area contributed by atoms with E-state index in [9.17, 15) is 9.90 Å². The third-order valence-corrected chi connectivity index (χ3v) is 2.44. The van der Waals surface area contributed by atoms with E-state index < -0.39 is 14.2 Å². The van der Waals surface area contributed by atoms with Crippen molar-refractivity contribution in [1.82, 2.24) is 0 Å². The van der Waals surface area contributed by atoms with Crippen LogP contribution in [0, 0.1) is 11.5 Å². The van der Waals surface area contributed by atoms with E-state index in [0.29, 0.717) is 13.0 Å². The maximum absolute atomic E-state index is 11.0. The van der Waals surface area contributed by atoms with Gasteiger partial charge in [0.05, 0.1) is 6.61 Å². The second-order valence-electron chi connectivity index (χ2n) is 4.38. The van der Waals surface area contributed by atoms with Crippen molar-refractivity contribution in [2.24, 2.45) is 0 Å². The minimum absolute atomic E-state index is 0.232. The third kappa shape index (κ3) is 9.51. The Labute approximate surface area is 92.8 Å². The molecule has 0 unspecified atom stereocenters. The molecular formula is C11H20O3Si. The summed E-state index contributed by atoms with van der Waals surface area (Å²) in [5, 5.41) is 9.47. The zero-order chi connectivity index (χ0) is 11.9. The van der Waals surface area contributed by atoms with Crippen LogP contribution in [-0.2, 0) is 9.53 Å². The van der Waals surface area contributed by atoms with Crippen LogP contribution in [0.1, 0.15) is 19.8 Å². The highest BCUT2D eigenvalue weighted by Crippen LogP contribution is 2.01. The third-order valence-electron chi connectivity index (χ3n) is 1.54.